The average Bonchev–Trinajstić information content (AvgIpc) is 2.66. The fraction of sp³-hybridized carbons (Fsp3) is 0.444. The normalized spacial score (nSPS) is 16.5. The number of ether oxygens (including phenoxy) is 2. The molecule has 2 aromatic rings. The molecule has 2 aromatic carbocycles. The van der Waals surface area contributed by atoms with Gasteiger partial charge in [0.1, 0.15) is 11.5 Å². The van der Waals surface area contributed by atoms with E-state index in [2.05, 4.69) is 60.6 Å². The van der Waals surface area contributed by atoms with Gasteiger partial charge < -0.3 is 9.47 Å². The summed E-state index contributed by atoms with van der Waals surface area (Å²) in [5, 5.41) is 0. The van der Waals surface area contributed by atoms with Crippen LogP contribution in [-0.4, -0.2) is 13.1 Å². The van der Waals surface area contributed by atoms with E-state index >= 15 is 0 Å². The Morgan fingerprint density at radius 2 is 1.53 bits per heavy atom. The number of carbonyl (C=O) groups is 1. The molecule has 1 unspecified atom stereocenters. The Kier molecular flexibility index (Phi) is 5.86. The average molecular weight is 407 g/mol. The molecular weight excluding hydrogens is 372 g/mol. The van der Waals surface area contributed by atoms with Crippen LogP contribution in [0.2, 0.25) is 0 Å². The van der Waals surface area contributed by atoms with Gasteiger partial charge in [0.2, 0.25) is 0 Å². The van der Waals surface area contributed by atoms with E-state index in [9.17, 15) is 4.79 Å². The molecule has 0 spiro atoms. The smallest absolute Gasteiger partial charge is 0.339 e. The summed E-state index contributed by atoms with van der Waals surface area (Å²) in [5.41, 5.74) is 4.75. The summed E-state index contributed by atoms with van der Waals surface area (Å²) in [6.45, 7) is 14.9. The van der Waals surface area contributed by atoms with Gasteiger partial charge in [0.25, 0.3) is 0 Å². The Hall–Kier alpha value is -2.55. The molecule has 0 radical (unpaired) electrons. The van der Waals surface area contributed by atoms with Crippen molar-refractivity contribution in [3.63, 3.8) is 0 Å². The zero-order valence-electron chi connectivity index (χ0n) is 19.6. The number of methoxy groups -OCH3 is 1. The number of hydrogen-bond donors (Lipinski definition) is 0. The van der Waals surface area contributed by atoms with Gasteiger partial charge in [-0.25, -0.2) is 4.79 Å². The van der Waals surface area contributed by atoms with Gasteiger partial charge in [0.05, 0.1) is 7.11 Å². The predicted molar refractivity (Wildman–Crippen MR) is 123 cm³/mol. The van der Waals surface area contributed by atoms with E-state index in [4.69, 9.17) is 9.47 Å². The Morgan fingerprint density at radius 3 is 2.07 bits per heavy atom. The Labute approximate surface area is 181 Å². The van der Waals surface area contributed by atoms with Gasteiger partial charge in [-0.3, -0.25) is 0 Å². The maximum atomic E-state index is 13.4. The first-order valence-electron chi connectivity index (χ1n) is 10.7. The lowest BCUT2D eigenvalue weighted by atomic mass is 9.79. The van der Waals surface area contributed by atoms with Crippen molar-refractivity contribution >= 4 is 5.97 Å². The number of hydrogen-bond acceptors (Lipinski definition) is 3. The minimum atomic E-state index is -0.266. The molecule has 3 nitrogen and oxygen atoms in total. The van der Waals surface area contributed by atoms with E-state index in [0.717, 1.165) is 28.9 Å². The van der Waals surface area contributed by atoms with Crippen LogP contribution in [0.4, 0.5) is 0 Å². The largest absolute Gasteiger partial charge is 0.497 e. The quantitative estimate of drug-likeness (QED) is 0.432. The molecule has 0 aromatic heterocycles. The van der Waals surface area contributed by atoms with Crippen LogP contribution in [0.25, 0.3) is 0 Å². The molecule has 1 aliphatic rings. The summed E-state index contributed by atoms with van der Waals surface area (Å²) in [6.07, 6.45) is 2.78. The van der Waals surface area contributed by atoms with Crippen LogP contribution in [0.1, 0.15) is 76.6 Å². The minimum absolute atomic E-state index is 0.0110. The van der Waals surface area contributed by atoms with Crippen molar-refractivity contribution in [2.75, 3.05) is 7.11 Å². The fourth-order valence-electron chi connectivity index (χ4n) is 4.06. The summed E-state index contributed by atoms with van der Waals surface area (Å²) >= 11 is 0. The van der Waals surface area contributed by atoms with Crippen LogP contribution >= 0.6 is 0 Å². The highest BCUT2D eigenvalue weighted by molar-refractivity contribution is 5.93. The molecular formula is C27H34O3. The third-order valence-corrected chi connectivity index (χ3v) is 5.87. The van der Waals surface area contributed by atoms with Crippen LogP contribution in [0.3, 0.4) is 0 Å². The van der Waals surface area contributed by atoms with Crippen molar-refractivity contribution in [2.45, 2.75) is 71.6 Å². The highest BCUT2D eigenvalue weighted by Gasteiger charge is 2.32. The van der Waals surface area contributed by atoms with Crippen molar-refractivity contribution in [3.05, 3.63) is 70.3 Å². The fourth-order valence-corrected chi connectivity index (χ4v) is 4.06. The summed E-state index contributed by atoms with van der Waals surface area (Å²) in [6, 6.07) is 12.3. The third-order valence-electron chi connectivity index (χ3n) is 5.87. The third kappa shape index (κ3) is 4.30. The lowest BCUT2D eigenvalue weighted by Crippen LogP contribution is -2.25. The van der Waals surface area contributed by atoms with Crippen LogP contribution in [0, 0.1) is 0 Å². The molecule has 0 bridgehead atoms. The number of rotatable bonds is 3. The first-order valence-corrected chi connectivity index (χ1v) is 10.7. The van der Waals surface area contributed by atoms with E-state index in [1.54, 1.807) is 7.11 Å². The van der Waals surface area contributed by atoms with Gasteiger partial charge in [0, 0.05) is 22.6 Å². The molecule has 3 heteroatoms. The van der Waals surface area contributed by atoms with Gasteiger partial charge in [-0.15, -0.1) is 0 Å². The van der Waals surface area contributed by atoms with Gasteiger partial charge >= 0.3 is 5.97 Å². The van der Waals surface area contributed by atoms with Crippen molar-refractivity contribution in [1.29, 1.82) is 0 Å². The second kappa shape index (κ2) is 7.94. The molecule has 3 rings (SSSR count). The zero-order chi connectivity index (χ0) is 22.3. The number of fused-ring (bicyclic) bond motifs is 1. The van der Waals surface area contributed by atoms with Crippen LogP contribution in [-0.2, 0) is 22.0 Å². The Morgan fingerprint density at radius 1 is 0.967 bits per heavy atom. The molecule has 0 saturated heterocycles. The van der Waals surface area contributed by atoms with Crippen LogP contribution in [0.5, 0.6) is 11.5 Å². The van der Waals surface area contributed by atoms with Crippen molar-refractivity contribution in [2.24, 2.45) is 0 Å². The summed E-state index contributed by atoms with van der Waals surface area (Å²) in [5.74, 6) is 1.19. The van der Waals surface area contributed by atoms with Gasteiger partial charge in [-0.2, -0.15) is 0 Å². The Bertz CT molecular complexity index is 949. The van der Waals surface area contributed by atoms with Gasteiger partial charge in [0.15, 0.2) is 0 Å². The first kappa shape index (κ1) is 22.1. The monoisotopic (exact) mass is 406 g/mol. The SMILES string of the molecule is COc1cc(C(C)(C)C)c(OC(=O)C2=CCc3ccccc3C2C)c(C(C)(C)C)c1. The summed E-state index contributed by atoms with van der Waals surface area (Å²) in [4.78, 5) is 13.4. The number of benzene rings is 2. The van der Waals surface area contributed by atoms with Crippen LogP contribution < -0.4 is 9.47 Å². The molecule has 1 atom stereocenters. The molecule has 0 heterocycles. The summed E-state index contributed by atoms with van der Waals surface area (Å²) in [7, 11) is 1.67. The second-order valence-corrected chi connectivity index (χ2v) is 10.2. The maximum Gasteiger partial charge on any atom is 0.339 e. The van der Waals surface area contributed by atoms with E-state index in [0.29, 0.717) is 5.75 Å². The van der Waals surface area contributed by atoms with Crippen molar-refractivity contribution < 1.29 is 14.3 Å². The number of allylic oxidation sites excluding steroid dienone is 1. The van der Waals surface area contributed by atoms with E-state index in [1.807, 2.05) is 30.3 Å². The summed E-state index contributed by atoms with van der Waals surface area (Å²) < 4.78 is 11.8. The standard InChI is InChI=1S/C27H34O3/c1-17-20-12-10-9-11-18(20)13-14-21(17)25(28)30-24-22(26(2,3)4)15-19(29-8)16-23(24)27(5,6)7/h9-12,14-17H,13H2,1-8H3. The van der Waals surface area contributed by atoms with E-state index in [-0.39, 0.29) is 22.7 Å². The lowest BCUT2D eigenvalue weighted by Gasteiger charge is -2.30. The van der Waals surface area contributed by atoms with Gasteiger partial charge in [-0.05, 0) is 40.5 Å². The lowest BCUT2D eigenvalue weighted by molar-refractivity contribution is -0.130. The molecule has 0 saturated carbocycles. The molecule has 1 aliphatic carbocycles. The molecule has 0 aliphatic heterocycles. The maximum absolute atomic E-state index is 13.4. The van der Waals surface area contributed by atoms with E-state index < -0.39 is 0 Å². The minimum Gasteiger partial charge on any atom is -0.497 e. The van der Waals surface area contributed by atoms with Crippen molar-refractivity contribution in [1.82, 2.24) is 0 Å². The number of esters is 1. The molecule has 30 heavy (non-hydrogen) atoms. The molecule has 0 amide bonds. The second-order valence-electron chi connectivity index (χ2n) is 10.2. The first-order chi connectivity index (χ1) is 13.9. The molecule has 0 N–H and O–H groups in total. The zero-order valence-corrected chi connectivity index (χ0v) is 19.6. The highest BCUT2D eigenvalue weighted by Crippen LogP contribution is 2.43. The topological polar surface area (TPSA) is 35.5 Å². The van der Waals surface area contributed by atoms with Crippen molar-refractivity contribution in [3.8, 4) is 11.5 Å². The number of carbonyl (C=O) groups excluding carboxylic acids is 1. The Balaban J connectivity index is 2.06. The molecule has 0 fully saturated rings. The highest BCUT2D eigenvalue weighted by atomic mass is 16.5. The molecule has 160 valence electrons. The van der Waals surface area contributed by atoms with Gasteiger partial charge in [-0.1, -0.05) is 78.8 Å². The van der Waals surface area contributed by atoms with E-state index in [1.165, 1.54) is 11.1 Å². The van der Waals surface area contributed by atoms with Crippen LogP contribution in [0.15, 0.2) is 48.0 Å². The predicted octanol–water partition coefficient (Wildman–Crippen LogP) is 6.48.